The number of nitrogens with one attached hydrogen (secondary N) is 1. The Morgan fingerprint density at radius 1 is 1.06 bits per heavy atom. The van der Waals surface area contributed by atoms with Gasteiger partial charge in [-0.1, -0.05) is 48.3 Å². The van der Waals surface area contributed by atoms with E-state index in [2.05, 4.69) is 18.3 Å². The summed E-state index contributed by atoms with van der Waals surface area (Å²) >= 11 is 11.9. The third-order valence-electron chi connectivity index (χ3n) is 2.76. The minimum absolute atomic E-state index is 0.462. The molecule has 94 valence electrons. The first kappa shape index (κ1) is 13.1. The van der Waals surface area contributed by atoms with Gasteiger partial charge >= 0.3 is 0 Å². The molecule has 0 aliphatic rings. The number of hydrogen-bond acceptors (Lipinski definition) is 2. The van der Waals surface area contributed by atoms with Crippen LogP contribution in [-0.2, 0) is 6.42 Å². The molecule has 18 heavy (non-hydrogen) atoms. The molecule has 3 N–H and O–H groups in total. The summed E-state index contributed by atoms with van der Waals surface area (Å²) in [5.41, 5.74) is 9.53. The van der Waals surface area contributed by atoms with Crippen molar-refractivity contribution in [2.24, 2.45) is 0 Å². The Kier molecular flexibility index (Phi) is 4.00. The van der Waals surface area contributed by atoms with Crippen LogP contribution < -0.4 is 11.1 Å². The van der Waals surface area contributed by atoms with E-state index in [1.165, 1.54) is 5.56 Å². The molecule has 0 aliphatic carbocycles. The van der Waals surface area contributed by atoms with E-state index in [1.807, 2.05) is 18.2 Å². The number of anilines is 3. The molecule has 0 spiro atoms. The maximum Gasteiger partial charge on any atom is 0.0634 e. The summed E-state index contributed by atoms with van der Waals surface area (Å²) < 4.78 is 0. The zero-order valence-corrected chi connectivity index (χ0v) is 11.5. The van der Waals surface area contributed by atoms with Gasteiger partial charge in [-0.25, -0.2) is 0 Å². The summed E-state index contributed by atoms with van der Waals surface area (Å²) in [4.78, 5) is 0. The molecule has 0 saturated heterocycles. The first-order chi connectivity index (χ1) is 8.61. The lowest BCUT2D eigenvalue weighted by Crippen LogP contribution is -1.99. The fourth-order valence-corrected chi connectivity index (χ4v) is 2.10. The van der Waals surface area contributed by atoms with Crippen LogP contribution in [0.3, 0.4) is 0 Å². The molecule has 0 atom stereocenters. The third-order valence-corrected chi connectivity index (χ3v) is 3.48. The Morgan fingerprint density at radius 2 is 1.72 bits per heavy atom. The number of nitrogen functional groups attached to an aromatic ring is 1. The zero-order chi connectivity index (χ0) is 13.1. The highest BCUT2D eigenvalue weighted by Gasteiger charge is 2.07. The molecule has 0 fully saturated rings. The number of aryl methyl sites for hydroxylation is 1. The largest absolute Gasteiger partial charge is 0.397 e. The van der Waals surface area contributed by atoms with Gasteiger partial charge in [0.2, 0.25) is 0 Å². The van der Waals surface area contributed by atoms with Crippen LogP contribution in [-0.4, -0.2) is 0 Å². The predicted octanol–water partition coefficient (Wildman–Crippen LogP) is 4.88. The number of rotatable bonds is 3. The Bertz CT molecular complexity index is 568. The average Bonchev–Trinajstić information content (AvgIpc) is 2.36. The van der Waals surface area contributed by atoms with Gasteiger partial charge in [-0.05, 0) is 30.2 Å². The Hall–Kier alpha value is -1.38. The molecule has 2 nitrogen and oxygen atoms in total. The van der Waals surface area contributed by atoms with Gasteiger partial charge in [0, 0.05) is 5.69 Å². The molecule has 0 radical (unpaired) electrons. The average molecular weight is 281 g/mol. The molecule has 0 saturated carbocycles. The Balaban J connectivity index is 2.37. The number of para-hydroxylation sites is 1. The number of nitrogens with two attached hydrogens (primary N) is 1. The van der Waals surface area contributed by atoms with Gasteiger partial charge in [-0.3, -0.25) is 0 Å². The maximum absolute atomic E-state index is 6.00. The molecule has 2 aromatic carbocycles. The van der Waals surface area contributed by atoms with Crippen molar-refractivity contribution >= 4 is 40.3 Å². The Morgan fingerprint density at radius 3 is 2.44 bits per heavy atom. The normalized spacial score (nSPS) is 10.4. The van der Waals surface area contributed by atoms with Crippen LogP contribution in [0.15, 0.2) is 36.4 Å². The van der Waals surface area contributed by atoms with Crippen LogP contribution in [0, 0.1) is 0 Å². The van der Waals surface area contributed by atoms with Gasteiger partial charge in [-0.15, -0.1) is 0 Å². The van der Waals surface area contributed by atoms with Crippen LogP contribution >= 0.6 is 23.2 Å². The summed E-state index contributed by atoms with van der Waals surface area (Å²) in [5.74, 6) is 0. The molecular weight excluding hydrogens is 267 g/mol. The van der Waals surface area contributed by atoms with E-state index in [0.29, 0.717) is 15.7 Å². The van der Waals surface area contributed by atoms with Crippen molar-refractivity contribution in [1.29, 1.82) is 0 Å². The zero-order valence-electron chi connectivity index (χ0n) is 10.0. The predicted molar refractivity (Wildman–Crippen MR) is 80.0 cm³/mol. The second-order valence-corrected chi connectivity index (χ2v) is 4.80. The fourth-order valence-electron chi connectivity index (χ4n) is 1.77. The first-order valence-electron chi connectivity index (χ1n) is 5.71. The SMILES string of the molecule is CCc1ccccc1Nc1cc(Cl)c(Cl)cc1N. The van der Waals surface area contributed by atoms with Crippen LogP contribution in [0.1, 0.15) is 12.5 Å². The molecule has 0 aliphatic heterocycles. The summed E-state index contributed by atoms with van der Waals surface area (Å²) in [5, 5.41) is 4.24. The highest BCUT2D eigenvalue weighted by molar-refractivity contribution is 6.42. The van der Waals surface area contributed by atoms with E-state index < -0.39 is 0 Å². The summed E-state index contributed by atoms with van der Waals surface area (Å²) in [7, 11) is 0. The minimum Gasteiger partial charge on any atom is -0.397 e. The standard InChI is InChI=1S/C14H14Cl2N2/c1-2-9-5-3-4-6-13(9)18-14-8-11(16)10(15)7-12(14)17/h3-8,18H,2,17H2,1H3. The maximum atomic E-state index is 6.00. The van der Waals surface area contributed by atoms with Gasteiger partial charge in [0.25, 0.3) is 0 Å². The summed E-state index contributed by atoms with van der Waals surface area (Å²) in [6, 6.07) is 11.5. The molecule has 0 heterocycles. The van der Waals surface area contributed by atoms with E-state index in [1.54, 1.807) is 12.1 Å². The van der Waals surface area contributed by atoms with Gasteiger partial charge < -0.3 is 11.1 Å². The van der Waals surface area contributed by atoms with Crippen LogP contribution in [0.5, 0.6) is 0 Å². The topological polar surface area (TPSA) is 38.0 Å². The van der Waals surface area contributed by atoms with Gasteiger partial charge in [-0.2, -0.15) is 0 Å². The van der Waals surface area contributed by atoms with Crippen LogP contribution in [0.4, 0.5) is 17.1 Å². The second kappa shape index (κ2) is 5.51. The lowest BCUT2D eigenvalue weighted by Gasteiger charge is -2.13. The van der Waals surface area contributed by atoms with Gasteiger partial charge in [0.1, 0.15) is 0 Å². The summed E-state index contributed by atoms with van der Waals surface area (Å²) in [6.45, 7) is 2.11. The lowest BCUT2D eigenvalue weighted by atomic mass is 10.1. The molecule has 0 bridgehead atoms. The third kappa shape index (κ3) is 2.71. The van der Waals surface area contributed by atoms with Crippen molar-refractivity contribution in [2.75, 3.05) is 11.1 Å². The van der Waals surface area contributed by atoms with Crippen molar-refractivity contribution in [3.05, 3.63) is 52.0 Å². The number of benzene rings is 2. The first-order valence-corrected chi connectivity index (χ1v) is 6.47. The number of halogens is 2. The molecular formula is C14H14Cl2N2. The van der Waals surface area contributed by atoms with Crippen molar-refractivity contribution in [3.8, 4) is 0 Å². The van der Waals surface area contributed by atoms with Crippen molar-refractivity contribution < 1.29 is 0 Å². The van der Waals surface area contributed by atoms with E-state index in [0.717, 1.165) is 17.8 Å². The highest BCUT2D eigenvalue weighted by Crippen LogP contribution is 2.33. The second-order valence-electron chi connectivity index (χ2n) is 3.99. The van der Waals surface area contributed by atoms with Crippen LogP contribution in [0.2, 0.25) is 10.0 Å². The van der Waals surface area contributed by atoms with Crippen molar-refractivity contribution in [3.63, 3.8) is 0 Å². The van der Waals surface area contributed by atoms with E-state index in [9.17, 15) is 0 Å². The molecule has 0 aromatic heterocycles. The van der Waals surface area contributed by atoms with Crippen molar-refractivity contribution in [1.82, 2.24) is 0 Å². The van der Waals surface area contributed by atoms with Gasteiger partial charge in [0.05, 0.1) is 21.4 Å². The fraction of sp³-hybridized carbons (Fsp3) is 0.143. The molecule has 4 heteroatoms. The quantitative estimate of drug-likeness (QED) is 0.787. The van der Waals surface area contributed by atoms with Gasteiger partial charge in [0.15, 0.2) is 0 Å². The molecule has 2 rings (SSSR count). The molecule has 2 aromatic rings. The van der Waals surface area contributed by atoms with Crippen LogP contribution in [0.25, 0.3) is 0 Å². The smallest absolute Gasteiger partial charge is 0.0634 e. The van der Waals surface area contributed by atoms with E-state index in [4.69, 9.17) is 28.9 Å². The van der Waals surface area contributed by atoms with E-state index >= 15 is 0 Å². The lowest BCUT2D eigenvalue weighted by molar-refractivity contribution is 1.14. The number of hydrogen-bond donors (Lipinski definition) is 2. The Labute approximate surface area is 117 Å². The molecule has 0 amide bonds. The summed E-state index contributed by atoms with van der Waals surface area (Å²) in [6.07, 6.45) is 0.949. The monoisotopic (exact) mass is 280 g/mol. The minimum atomic E-state index is 0.462. The molecule has 0 unspecified atom stereocenters. The van der Waals surface area contributed by atoms with E-state index in [-0.39, 0.29) is 0 Å². The highest BCUT2D eigenvalue weighted by atomic mass is 35.5. The van der Waals surface area contributed by atoms with Crippen molar-refractivity contribution in [2.45, 2.75) is 13.3 Å².